The molecule has 0 bridgehead atoms. The molecule has 1 aromatic carbocycles. The van der Waals surface area contributed by atoms with Crippen molar-refractivity contribution in [1.29, 1.82) is 0 Å². The van der Waals surface area contributed by atoms with Gasteiger partial charge < -0.3 is 20.9 Å². The third kappa shape index (κ3) is 5.52. The Morgan fingerprint density at radius 3 is 2.38 bits per heavy atom. The molecule has 0 aromatic heterocycles. The van der Waals surface area contributed by atoms with Crippen LogP contribution in [-0.4, -0.2) is 35.5 Å². The Hall–Kier alpha value is -2.57. The van der Waals surface area contributed by atoms with Gasteiger partial charge in [0.25, 0.3) is 11.8 Å². The number of primary amides is 1. The second-order valence-electron chi connectivity index (χ2n) is 4.43. The fraction of sp³-hybridized carbons (Fsp3) is 0.357. The van der Waals surface area contributed by atoms with Gasteiger partial charge in [0.2, 0.25) is 0 Å². The van der Waals surface area contributed by atoms with E-state index >= 15 is 0 Å². The summed E-state index contributed by atoms with van der Waals surface area (Å²) < 4.78 is 5.06. The molecule has 114 valence electrons. The Bertz CT molecular complexity index is 513. The summed E-state index contributed by atoms with van der Waals surface area (Å²) in [4.78, 5) is 33.5. The maximum Gasteiger partial charge on any atom is 0.326 e. The van der Waals surface area contributed by atoms with Crippen molar-refractivity contribution in [2.45, 2.75) is 25.8 Å². The highest BCUT2D eigenvalue weighted by Gasteiger charge is 2.19. The van der Waals surface area contributed by atoms with Crippen LogP contribution in [0.15, 0.2) is 24.3 Å². The molecule has 0 aliphatic rings. The quantitative estimate of drug-likeness (QED) is 0.646. The molecule has 0 fully saturated rings. The molecular formula is C14H18N2O5. The van der Waals surface area contributed by atoms with Crippen LogP contribution in [0.1, 0.15) is 30.1 Å². The molecule has 0 saturated carbocycles. The molecule has 7 heteroatoms. The number of carbonyl (C=O) groups excluding carboxylic acids is 2. The molecule has 1 aromatic rings. The molecule has 2 amide bonds. The van der Waals surface area contributed by atoms with Crippen LogP contribution in [0.3, 0.4) is 0 Å². The van der Waals surface area contributed by atoms with Crippen LogP contribution in [-0.2, 0) is 9.59 Å². The van der Waals surface area contributed by atoms with E-state index in [9.17, 15) is 14.4 Å². The Balaban J connectivity index is 2.65. The van der Waals surface area contributed by atoms with Gasteiger partial charge in [0.05, 0.1) is 0 Å². The predicted octanol–water partition coefficient (Wildman–Crippen LogP) is 0.534. The summed E-state index contributed by atoms with van der Waals surface area (Å²) in [7, 11) is 0. The number of carboxylic acid groups (broad SMARTS) is 1. The van der Waals surface area contributed by atoms with E-state index in [-0.39, 0.29) is 6.61 Å². The number of nitrogens with one attached hydrogen (secondary N) is 1. The molecule has 0 spiro atoms. The van der Waals surface area contributed by atoms with Gasteiger partial charge in [-0.25, -0.2) is 4.79 Å². The van der Waals surface area contributed by atoms with Crippen molar-refractivity contribution >= 4 is 17.8 Å². The molecule has 4 N–H and O–H groups in total. The number of aliphatic carboxylic acids is 1. The smallest absolute Gasteiger partial charge is 0.326 e. The third-order valence-electron chi connectivity index (χ3n) is 2.68. The Kier molecular flexibility index (Phi) is 6.19. The number of benzene rings is 1. The molecule has 21 heavy (non-hydrogen) atoms. The molecule has 0 aliphatic carbocycles. The lowest BCUT2D eigenvalue weighted by Gasteiger charge is -2.13. The van der Waals surface area contributed by atoms with Gasteiger partial charge in [-0.3, -0.25) is 9.59 Å². The van der Waals surface area contributed by atoms with E-state index in [4.69, 9.17) is 15.6 Å². The zero-order valence-corrected chi connectivity index (χ0v) is 11.7. The lowest BCUT2D eigenvalue weighted by molar-refractivity contribution is -0.139. The molecule has 0 heterocycles. The summed E-state index contributed by atoms with van der Waals surface area (Å²) in [6, 6.07) is 5.07. The maximum absolute atomic E-state index is 11.9. The Labute approximate surface area is 122 Å². The van der Waals surface area contributed by atoms with Crippen molar-refractivity contribution < 1.29 is 24.2 Å². The number of carbonyl (C=O) groups is 3. The van der Waals surface area contributed by atoms with E-state index in [1.165, 1.54) is 24.3 Å². The van der Waals surface area contributed by atoms with Crippen LogP contribution in [0.2, 0.25) is 0 Å². The Morgan fingerprint density at radius 2 is 1.90 bits per heavy atom. The second-order valence-corrected chi connectivity index (χ2v) is 4.43. The van der Waals surface area contributed by atoms with Crippen molar-refractivity contribution in [2.75, 3.05) is 6.61 Å². The van der Waals surface area contributed by atoms with Crippen LogP contribution in [0.5, 0.6) is 5.75 Å². The summed E-state index contributed by atoms with van der Waals surface area (Å²) in [5, 5.41) is 11.4. The van der Waals surface area contributed by atoms with Gasteiger partial charge in [-0.1, -0.05) is 13.3 Å². The standard InChI is InChI=1S/C14H18N2O5/c1-2-3-11(14(19)20)16-13(18)9-4-6-10(7-5-9)21-8-12(15)17/h4-7,11H,2-3,8H2,1H3,(H2,15,17)(H,16,18)(H,19,20)/t11-/m1/s1. The monoisotopic (exact) mass is 294 g/mol. The van der Waals surface area contributed by atoms with Crippen LogP contribution in [0.4, 0.5) is 0 Å². The van der Waals surface area contributed by atoms with Crippen LogP contribution < -0.4 is 15.8 Å². The molecule has 1 rings (SSSR count). The first-order valence-electron chi connectivity index (χ1n) is 6.49. The average Bonchev–Trinajstić information content (AvgIpc) is 2.45. The number of rotatable bonds is 8. The maximum atomic E-state index is 11.9. The third-order valence-corrected chi connectivity index (χ3v) is 2.68. The molecule has 0 radical (unpaired) electrons. The van der Waals surface area contributed by atoms with E-state index < -0.39 is 23.8 Å². The number of hydrogen-bond donors (Lipinski definition) is 3. The fourth-order valence-corrected chi connectivity index (χ4v) is 1.64. The van der Waals surface area contributed by atoms with E-state index in [2.05, 4.69) is 5.32 Å². The molecule has 0 saturated heterocycles. The topological polar surface area (TPSA) is 119 Å². The predicted molar refractivity (Wildman–Crippen MR) is 74.9 cm³/mol. The van der Waals surface area contributed by atoms with Gasteiger partial charge in [0.1, 0.15) is 11.8 Å². The van der Waals surface area contributed by atoms with E-state index in [1.54, 1.807) is 0 Å². The minimum Gasteiger partial charge on any atom is -0.484 e. The van der Waals surface area contributed by atoms with Crippen LogP contribution >= 0.6 is 0 Å². The lowest BCUT2D eigenvalue weighted by atomic mass is 10.1. The number of amides is 2. The van der Waals surface area contributed by atoms with Gasteiger partial charge in [0, 0.05) is 5.56 Å². The fourth-order valence-electron chi connectivity index (χ4n) is 1.64. The first kappa shape index (κ1) is 16.5. The summed E-state index contributed by atoms with van der Waals surface area (Å²) >= 11 is 0. The number of ether oxygens (including phenoxy) is 1. The minimum atomic E-state index is -1.06. The van der Waals surface area contributed by atoms with Gasteiger partial charge in [-0.15, -0.1) is 0 Å². The first-order valence-corrected chi connectivity index (χ1v) is 6.49. The molecule has 7 nitrogen and oxygen atoms in total. The van der Waals surface area contributed by atoms with Gasteiger partial charge >= 0.3 is 5.97 Å². The SMILES string of the molecule is CCC[C@@H](NC(=O)c1ccc(OCC(N)=O)cc1)C(=O)O. The zero-order valence-electron chi connectivity index (χ0n) is 11.7. The number of carboxylic acids is 1. The summed E-state index contributed by atoms with van der Waals surface area (Å²) in [6.07, 6.45) is 1.01. The van der Waals surface area contributed by atoms with Crippen molar-refractivity contribution in [1.82, 2.24) is 5.32 Å². The van der Waals surface area contributed by atoms with E-state index in [0.717, 1.165) is 0 Å². The molecule has 0 aliphatic heterocycles. The molecule has 0 unspecified atom stereocenters. The van der Waals surface area contributed by atoms with Crippen molar-refractivity contribution in [3.63, 3.8) is 0 Å². The van der Waals surface area contributed by atoms with Crippen LogP contribution in [0.25, 0.3) is 0 Å². The molecular weight excluding hydrogens is 276 g/mol. The Morgan fingerprint density at radius 1 is 1.29 bits per heavy atom. The van der Waals surface area contributed by atoms with Crippen molar-refractivity contribution in [3.8, 4) is 5.75 Å². The van der Waals surface area contributed by atoms with Crippen molar-refractivity contribution in [3.05, 3.63) is 29.8 Å². The van der Waals surface area contributed by atoms with E-state index in [0.29, 0.717) is 24.2 Å². The van der Waals surface area contributed by atoms with Gasteiger partial charge in [-0.2, -0.15) is 0 Å². The summed E-state index contributed by atoms with van der Waals surface area (Å²) in [6.45, 7) is 1.59. The summed E-state index contributed by atoms with van der Waals surface area (Å²) in [5.74, 6) is -1.74. The second kappa shape index (κ2) is 7.88. The first-order chi connectivity index (χ1) is 9.93. The van der Waals surface area contributed by atoms with Gasteiger partial charge in [0.15, 0.2) is 6.61 Å². The highest BCUT2D eigenvalue weighted by atomic mass is 16.5. The molecule has 1 atom stereocenters. The summed E-state index contributed by atoms with van der Waals surface area (Å²) in [5.41, 5.74) is 5.26. The number of hydrogen-bond acceptors (Lipinski definition) is 4. The zero-order chi connectivity index (χ0) is 15.8. The normalized spacial score (nSPS) is 11.5. The number of nitrogens with two attached hydrogens (primary N) is 1. The largest absolute Gasteiger partial charge is 0.484 e. The average molecular weight is 294 g/mol. The van der Waals surface area contributed by atoms with E-state index in [1.807, 2.05) is 6.92 Å². The van der Waals surface area contributed by atoms with Gasteiger partial charge in [-0.05, 0) is 30.7 Å². The highest BCUT2D eigenvalue weighted by Crippen LogP contribution is 2.12. The van der Waals surface area contributed by atoms with Crippen molar-refractivity contribution in [2.24, 2.45) is 5.73 Å². The highest BCUT2D eigenvalue weighted by molar-refractivity contribution is 5.96. The minimum absolute atomic E-state index is 0.247. The van der Waals surface area contributed by atoms with Crippen LogP contribution in [0, 0.1) is 0 Å². The lowest BCUT2D eigenvalue weighted by Crippen LogP contribution is -2.40.